The molecule has 0 spiro atoms. The van der Waals surface area contributed by atoms with Crippen molar-refractivity contribution < 1.29 is 4.79 Å². The van der Waals surface area contributed by atoms with E-state index in [0.717, 1.165) is 26.7 Å². The molecule has 1 amide bonds. The molecule has 0 aliphatic carbocycles. The lowest BCUT2D eigenvalue weighted by Crippen LogP contribution is -2.30. The molecule has 0 atom stereocenters. The molecule has 0 unspecified atom stereocenters. The maximum absolute atomic E-state index is 11.9. The lowest BCUT2D eigenvalue weighted by Gasteiger charge is -1.95. The first-order chi connectivity index (χ1) is 7.54. The molecule has 0 fully saturated rings. The van der Waals surface area contributed by atoms with E-state index in [0.29, 0.717) is 10.2 Å². The zero-order valence-electron chi connectivity index (χ0n) is 9.20. The highest BCUT2D eigenvalue weighted by Crippen LogP contribution is 2.18. The van der Waals surface area contributed by atoms with Gasteiger partial charge in [-0.2, -0.15) is 3.96 Å². The number of carbonyl (C=O) groups is 1. The zero-order valence-corrected chi connectivity index (χ0v) is 10.0. The van der Waals surface area contributed by atoms with Gasteiger partial charge in [0.15, 0.2) is 0 Å². The Balaban J connectivity index is 2.83. The third-order valence-corrected chi connectivity index (χ3v) is 3.27. The van der Waals surface area contributed by atoms with Crippen molar-refractivity contribution in [3.8, 4) is 0 Å². The smallest absolute Gasteiger partial charge is 0.337 e. The van der Waals surface area contributed by atoms with Gasteiger partial charge in [0.25, 0.3) is 5.56 Å². The fourth-order valence-electron chi connectivity index (χ4n) is 1.59. The molecule has 0 bridgehead atoms. The largest absolute Gasteiger partial charge is 0.340 e. The summed E-state index contributed by atoms with van der Waals surface area (Å²) in [6.07, 6.45) is 0. The van der Waals surface area contributed by atoms with Crippen molar-refractivity contribution in [2.45, 2.75) is 13.8 Å². The summed E-state index contributed by atoms with van der Waals surface area (Å²) in [5, 5.41) is 2.95. The van der Waals surface area contributed by atoms with Crippen LogP contribution in [0.15, 0.2) is 10.9 Å². The number of fused-ring (bicyclic) bond motifs is 1. The predicted molar refractivity (Wildman–Crippen MR) is 63.2 cm³/mol. The fraction of sp³-hybridized carbons (Fsp3) is 0.300. The van der Waals surface area contributed by atoms with Gasteiger partial charge in [-0.1, -0.05) is 0 Å². The first-order valence-corrected chi connectivity index (χ1v) is 5.54. The fourth-order valence-corrected chi connectivity index (χ4v) is 2.64. The van der Waals surface area contributed by atoms with Crippen LogP contribution in [0, 0.1) is 13.8 Å². The summed E-state index contributed by atoms with van der Waals surface area (Å²) in [5.41, 5.74) is 1.39. The number of aryl methyl sites for hydroxylation is 2. The van der Waals surface area contributed by atoms with Crippen molar-refractivity contribution in [1.29, 1.82) is 0 Å². The van der Waals surface area contributed by atoms with Crippen LogP contribution in [0.4, 0.5) is 4.79 Å². The van der Waals surface area contributed by atoms with Crippen molar-refractivity contribution in [2.24, 2.45) is 0 Å². The van der Waals surface area contributed by atoms with Gasteiger partial charge in [-0.05, 0) is 37.0 Å². The Morgan fingerprint density at radius 1 is 1.50 bits per heavy atom. The predicted octanol–water partition coefficient (Wildman–Crippen LogP) is 1.26. The summed E-state index contributed by atoms with van der Waals surface area (Å²) < 4.78 is 1.09. The first-order valence-electron chi connectivity index (χ1n) is 4.77. The minimum absolute atomic E-state index is 0.302. The average Bonchev–Trinajstić information content (AvgIpc) is 2.54. The summed E-state index contributed by atoms with van der Waals surface area (Å²) in [6.45, 7) is 3.71. The van der Waals surface area contributed by atoms with Crippen LogP contribution in [0.1, 0.15) is 11.3 Å². The van der Waals surface area contributed by atoms with E-state index in [1.807, 2.05) is 19.9 Å². The SMILES string of the molecule is CNC(=O)n1sc2nc(C)cc(C)c2c1=O. The van der Waals surface area contributed by atoms with Crippen LogP contribution in [-0.2, 0) is 0 Å². The number of aromatic nitrogens is 2. The highest BCUT2D eigenvalue weighted by atomic mass is 32.1. The van der Waals surface area contributed by atoms with Gasteiger partial charge in [-0.3, -0.25) is 4.79 Å². The Morgan fingerprint density at radius 2 is 2.19 bits per heavy atom. The molecule has 0 aromatic carbocycles. The zero-order chi connectivity index (χ0) is 11.9. The van der Waals surface area contributed by atoms with Crippen LogP contribution >= 0.6 is 11.5 Å². The number of nitrogens with zero attached hydrogens (tertiary/aromatic N) is 2. The van der Waals surface area contributed by atoms with E-state index in [1.54, 1.807) is 0 Å². The van der Waals surface area contributed by atoms with Crippen LogP contribution in [0.5, 0.6) is 0 Å². The van der Waals surface area contributed by atoms with Crippen LogP contribution < -0.4 is 10.9 Å². The molecule has 2 rings (SSSR count). The Morgan fingerprint density at radius 3 is 2.81 bits per heavy atom. The molecule has 0 saturated heterocycles. The summed E-state index contributed by atoms with van der Waals surface area (Å²) in [4.78, 5) is 28.2. The van der Waals surface area contributed by atoms with E-state index in [-0.39, 0.29) is 5.56 Å². The van der Waals surface area contributed by atoms with E-state index in [4.69, 9.17) is 0 Å². The number of hydrogen-bond donors (Lipinski definition) is 1. The van der Waals surface area contributed by atoms with E-state index in [2.05, 4.69) is 10.3 Å². The molecule has 0 radical (unpaired) electrons. The van der Waals surface area contributed by atoms with Crippen molar-refractivity contribution in [3.63, 3.8) is 0 Å². The van der Waals surface area contributed by atoms with Gasteiger partial charge in [0, 0.05) is 12.7 Å². The minimum atomic E-state index is -0.426. The highest BCUT2D eigenvalue weighted by Gasteiger charge is 2.15. The molecule has 6 heteroatoms. The normalized spacial score (nSPS) is 10.7. The van der Waals surface area contributed by atoms with Crippen LogP contribution in [0.25, 0.3) is 10.2 Å². The van der Waals surface area contributed by atoms with E-state index in [1.165, 1.54) is 7.05 Å². The summed E-state index contributed by atoms with van der Waals surface area (Å²) in [5.74, 6) is 0. The molecule has 0 aliphatic heterocycles. The standard InChI is InChI=1S/C10H11N3O2S/c1-5-4-6(2)12-8-7(5)9(14)13(16-8)10(15)11-3/h4H,1-3H3,(H,11,15). The molecular formula is C10H11N3O2S. The maximum atomic E-state index is 11.9. The molecule has 84 valence electrons. The molecule has 0 aliphatic rings. The third-order valence-electron chi connectivity index (χ3n) is 2.29. The van der Waals surface area contributed by atoms with E-state index >= 15 is 0 Å². The molecule has 16 heavy (non-hydrogen) atoms. The van der Waals surface area contributed by atoms with Gasteiger partial charge in [0.2, 0.25) is 0 Å². The lowest BCUT2D eigenvalue weighted by molar-refractivity contribution is 0.246. The van der Waals surface area contributed by atoms with Crippen molar-refractivity contribution in [3.05, 3.63) is 27.7 Å². The lowest BCUT2D eigenvalue weighted by atomic mass is 10.2. The number of hydrogen-bond acceptors (Lipinski definition) is 4. The monoisotopic (exact) mass is 237 g/mol. The van der Waals surface area contributed by atoms with Crippen LogP contribution in [-0.4, -0.2) is 22.0 Å². The Hall–Kier alpha value is -1.69. The van der Waals surface area contributed by atoms with Gasteiger partial charge < -0.3 is 5.32 Å². The second-order valence-corrected chi connectivity index (χ2v) is 4.44. The van der Waals surface area contributed by atoms with Crippen molar-refractivity contribution in [1.82, 2.24) is 14.3 Å². The molecule has 2 aromatic rings. The Bertz CT molecular complexity index is 627. The molecular weight excluding hydrogens is 226 g/mol. The van der Waals surface area contributed by atoms with Gasteiger partial charge >= 0.3 is 6.03 Å². The molecule has 2 aromatic heterocycles. The molecule has 0 saturated carbocycles. The summed E-state index contributed by atoms with van der Waals surface area (Å²) in [6, 6.07) is 1.41. The van der Waals surface area contributed by atoms with Crippen LogP contribution in [0.2, 0.25) is 0 Å². The Kier molecular flexibility index (Phi) is 2.51. The number of nitrogens with one attached hydrogen (secondary N) is 1. The summed E-state index contributed by atoms with van der Waals surface area (Å²) in [7, 11) is 1.49. The summed E-state index contributed by atoms with van der Waals surface area (Å²) >= 11 is 1.07. The number of rotatable bonds is 0. The minimum Gasteiger partial charge on any atom is -0.340 e. The van der Waals surface area contributed by atoms with Gasteiger partial charge in [0.1, 0.15) is 4.83 Å². The van der Waals surface area contributed by atoms with Crippen LogP contribution in [0.3, 0.4) is 0 Å². The number of pyridine rings is 1. The van der Waals surface area contributed by atoms with E-state index < -0.39 is 6.03 Å². The maximum Gasteiger partial charge on any atom is 0.337 e. The average molecular weight is 237 g/mol. The van der Waals surface area contributed by atoms with Gasteiger partial charge in [0.05, 0.1) is 5.39 Å². The van der Waals surface area contributed by atoms with Gasteiger partial charge in [-0.15, -0.1) is 0 Å². The number of carbonyl (C=O) groups excluding carboxylic acids is 1. The van der Waals surface area contributed by atoms with Crippen molar-refractivity contribution in [2.75, 3.05) is 7.05 Å². The molecule has 5 nitrogen and oxygen atoms in total. The second-order valence-electron chi connectivity index (χ2n) is 3.51. The van der Waals surface area contributed by atoms with E-state index in [9.17, 15) is 9.59 Å². The first kappa shape index (κ1) is 10.8. The third kappa shape index (κ3) is 1.51. The second kappa shape index (κ2) is 3.71. The molecule has 2 heterocycles. The highest BCUT2D eigenvalue weighted by molar-refractivity contribution is 7.14. The molecule has 1 N–H and O–H groups in total. The Labute approximate surface area is 95.9 Å². The van der Waals surface area contributed by atoms with Crippen molar-refractivity contribution >= 4 is 27.8 Å². The topological polar surface area (TPSA) is 64.0 Å². The quantitative estimate of drug-likeness (QED) is 0.750. The number of amides is 1. The van der Waals surface area contributed by atoms with Gasteiger partial charge in [-0.25, -0.2) is 9.78 Å².